The highest BCUT2D eigenvalue weighted by atomic mass is 15.1. The van der Waals surface area contributed by atoms with Gasteiger partial charge in [0.05, 0.1) is 20.1 Å². The molecule has 0 amide bonds. The van der Waals surface area contributed by atoms with Gasteiger partial charge in [0.1, 0.15) is 6.15 Å². The van der Waals surface area contributed by atoms with Crippen molar-refractivity contribution in [1.29, 1.82) is 0 Å². The number of hydrogen-bond acceptors (Lipinski definition) is 0. The second-order valence-corrected chi connectivity index (χ2v) is 8.17. The van der Waals surface area contributed by atoms with Crippen LogP contribution in [0.15, 0.2) is 121 Å². The first kappa shape index (κ1) is 22.6. The van der Waals surface area contributed by atoms with Crippen molar-refractivity contribution in [3.63, 3.8) is 0 Å². The number of hydrogen-bond donors (Lipinski definition) is 1. The quantitative estimate of drug-likeness (QED) is 0.469. The molecule has 0 fully saturated rings. The Labute approximate surface area is 188 Å². The van der Waals surface area contributed by atoms with Crippen LogP contribution in [0.4, 0.5) is 0 Å². The largest absolute Gasteiger partial charge is 0.338 e. The summed E-state index contributed by atoms with van der Waals surface area (Å²) in [6, 6.07) is 43.5. The lowest BCUT2D eigenvalue weighted by atomic mass is 9.13. The Balaban J connectivity index is 0.000000401. The second-order valence-electron chi connectivity index (χ2n) is 8.17. The van der Waals surface area contributed by atoms with E-state index in [1.54, 1.807) is 4.90 Å². The van der Waals surface area contributed by atoms with Gasteiger partial charge in [-0.2, -0.15) is 21.9 Å². The van der Waals surface area contributed by atoms with Gasteiger partial charge >= 0.3 is 0 Å². The molecule has 0 spiro atoms. The lowest BCUT2D eigenvalue weighted by Crippen LogP contribution is -3.08. The van der Waals surface area contributed by atoms with Gasteiger partial charge in [-0.05, 0) is 13.8 Å². The molecule has 0 aliphatic rings. The molecule has 0 atom stereocenters. The zero-order valence-corrected chi connectivity index (χ0v) is 19.0. The Morgan fingerprint density at radius 2 is 0.677 bits per heavy atom. The smallest absolute Gasteiger partial charge is 0.108 e. The summed E-state index contributed by atoms with van der Waals surface area (Å²) in [6.45, 7) is 6.88. The first-order valence-electron chi connectivity index (χ1n) is 11.4. The van der Waals surface area contributed by atoms with Crippen molar-refractivity contribution < 1.29 is 4.90 Å². The average molecular weight is 407 g/mol. The van der Waals surface area contributed by atoms with E-state index in [0.29, 0.717) is 0 Å². The summed E-state index contributed by atoms with van der Waals surface area (Å²) in [5, 5.41) is 0. The van der Waals surface area contributed by atoms with Crippen molar-refractivity contribution in [2.45, 2.75) is 13.8 Å². The minimum atomic E-state index is -1.22. The maximum absolute atomic E-state index is 2.26. The summed E-state index contributed by atoms with van der Waals surface area (Å²) >= 11 is 0. The standard InChI is InChI=1S/C24H20B.C5H13N/c1-5-13-21(14-6-1)25(22-15-7-2-8-16-22,23-17-9-3-10-18-23)24-19-11-4-12-20-24;1-4-6(3)5-2/h1-20H;4-5H2,1-3H3/q-1;/p+1. The van der Waals surface area contributed by atoms with Crippen molar-refractivity contribution in [3.05, 3.63) is 121 Å². The molecule has 1 N–H and O–H groups in total. The van der Waals surface area contributed by atoms with Gasteiger partial charge in [-0.15, -0.1) is 0 Å². The lowest BCUT2D eigenvalue weighted by molar-refractivity contribution is -0.875. The molecular formula is C29H34BN. The normalized spacial score (nSPS) is 11.0. The van der Waals surface area contributed by atoms with Crippen molar-refractivity contribution in [2.75, 3.05) is 20.1 Å². The Morgan fingerprint density at radius 1 is 0.452 bits per heavy atom. The van der Waals surface area contributed by atoms with E-state index in [1.807, 2.05) is 0 Å². The molecule has 0 saturated heterocycles. The van der Waals surface area contributed by atoms with E-state index in [9.17, 15) is 0 Å². The molecule has 2 heteroatoms. The number of benzene rings is 4. The molecule has 1 nitrogen and oxygen atoms in total. The van der Waals surface area contributed by atoms with E-state index in [-0.39, 0.29) is 0 Å². The summed E-state index contributed by atoms with van der Waals surface area (Å²) in [5.74, 6) is 0. The highest BCUT2D eigenvalue weighted by molar-refractivity contribution is 7.19. The van der Waals surface area contributed by atoms with Gasteiger partial charge in [-0.3, -0.25) is 0 Å². The second kappa shape index (κ2) is 11.3. The maximum Gasteiger partial charge on any atom is 0.108 e. The Hall–Kier alpha value is -3.10. The molecule has 31 heavy (non-hydrogen) atoms. The summed E-state index contributed by atoms with van der Waals surface area (Å²) in [4.78, 5) is 1.59. The van der Waals surface area contributed by atoms with Crippen LogP contribution in [-0.2, 0) is 0 Å². The van der Waals surface area contributed by atoms with Crippen LogP contribution in [0.5, 0.6) is 0 Å². The van der Waals surface area contributed by atoms with Gasteiger partial charge in [-0.1, -0.05) is 121 Å². The molecule has 0 radical (unpaired) electrons. The first-order chi connectivity index (χ1) is 15.2. The van der Waals surface area contributed by atoms with E-state index in [2.05, 4.69) is 142 Å². The SMILES string of the molecule is CC[NH+](C)CC.c1ccc([B-](c2ccccc2)(c2ccccc2)c2ccccc2)cc1. The molecule has 4 aromatic carbocycles. The number of rotatable bonds is 6. The van der Waals surface area contributed by atoms with Gasteiger partial charge in [0, 0.05) is 0 Å². The van der Waals surface area contributed by atoms with E-state index in [0.717, 1.165) is 0 Å². The molecule has 0 aliphatic carbocycles. The number of nitrogens with one attached hydrogen (secondary N) is 1. The molecule has 158 valence electrons. The highest BCUT2D eigenvalue weighted by Gasteiger charge is 2.30. The third-order valence-corrected chi connectivity index (χ3v) is 6.41. The van der Waals surface area contributed by atoms with Gasteiger partial charge < -0.3 is 4.90 Å². The fourth-order valence-electron chi connectivity index (χ4n) is 4.37. The Bertz CT molecular complexity index is 834. The molecular weight excluding hydrogens is 373 g/mol. The molecule has 4 aromatic rings. The summed E-state index contributed by atoms with van der Waals surface area (Å²) < 4.78 is 0. The summed E-state index contributed by atoms with van der Waals surface area (Å²) in [5.41, 5.74) is 5.36. The topological polar surface area (TPSA) is 4.44 Å². The average Bonchev–Trinajstić information content (AvgIpc) is 2.87. The molecule has 4 rings (SSSR count). The molecule has 0 aliphatic heterocycles. The molecule has 0 heterocycles. The van der Waals surface area contributed by atoms with Crippen molar-refractivity contribution in [2.24, 2.45) is 0 Å². The van der Waals surface area contributed by atoms with Crippen LogP contribution in [-0.4, -0.2) is 26.3 Å². The predicted molar refractivity (Wildman–Crippen MR) is 138 cm³/mol. The lowest BCUT2D eigenvalue weighted by Gasteiger charge is -2.44. The third kappa shape index (κ3) is 5.15. The Kier molecular flexibility index (Phi) is 8.26. The fourth-order valence-corrected chi connectivity index (χ4v) is 4.37. The summed E-state index contributed by atoms with van der Waals surface area (Å²) in [6.07, 6.45) is -1.22. The first-order valence-corrected chi connectivity index (χ1v) is 11.4. The summed E-state index contributed by atoms with van der Waals surface area (Å²) in [7, 11) is 2.19. The minimum absolute atomic E-state index is 1.22. The van der Waals surface area contributed by atoms with E-state index in [4.69, 9.17) is 0 Å². The highest BCUT2D eigenvalue weighted by Crippen LogP contribution is 2.09. The maximum atomic E-state index is 2.26. The molecule has 0 saturated carbocycles. The van der Waals surface area contributed by atoms with Gasteiger partial charge in [-0.25, -0.2) is 0 Å². The van der Waals surface area contributed by atoms with Crippen molar-refractivity contribution in [1.82, 2.24) is 0 Å². The van der Waals surface area contributed by atoms with Crippen molar-refractivity contribution >= 4 is 28.0 Å². The van der Waals surface area contributed by atoms with Crippen LogP contribution in [0, 0.1) is 0 Å². The molecule has 0 bridgehead atoms. The van der Waals surface area contributed by atoms with Crippen LogP contribution in [0.3, 0.4) is 0 Å². The van der Waals surface area contributed by atoms with E-state index in [1.165, 1.54) is 34.9 Å². The van der Waals surface area contributed by atoms with Crippen LogP contribution in [0.25, 0.3) is 0 Å². The number of quaternary nitrogens is 1. The monoisotopic (exact) mass is 407 g/mol. The van der Waals surface area contributed by atoms with Crippen molar-refractivity contribution in [3.8, 4) is 0 Å². The molecule has 0 unspecified atom stereocenters. The van der Waals surface area contributed by atoms with E-state index < -0.39 is 6.15 Å². The third-order valence-electron chi connectivity index (χ3n) is 6.41. The zero-order chi connectivity index (χ0) is 21.9. The van der Waals surface area contributed by atoms with Gasteiger partial charge in [0.2, 0.25) is 0 Å². The van der Waals surface area contributed by atoms with Crippen LogP contribution in [0.1, 0.15) is 13.8 Å². The molecule has 0 aromatic heterocycles. The Morgan fingerprint density at radius 3 is 0.839 bits per heavy atom. The predicted octanol–water partition coefficient (Wildman–Crippen LogP) is 2.60. The zero-order valence-electron chi connectivity index (χ0n) is 19.0. The van der Waals surface area contributed by atoms with E-state index >= 15 is 0 Å². The van der Waals surface area contributed by atoms with Crippen LogP contribution < -0.4 is 26.8 Å². The van der Waals surface area contributed by atoms with Gasteiger partial charge in [0.15, 0.2) is 0 Å². The fraction of sp³-hybridized carbons (Fsp3) is 0.172. The van der Waals surface area contributed by atoms with Crippen LogP contribution >= 0.6 is 0 Å². The van der Waals surface area contributed by atoms with Crippen LogP contribution in [0.2, 0.25) is 0 Å². The minimum Gasteiger partial charge on any atom is -0.338 e. The van der Waals surface area contributed by atoms with Gasteiger partial charge in [0.25, 0.3) is 0 Å².